The van der Waals surface area contributed by atoms with Crippen LogP contribution in [0.1, 0.15) is 0 Å². The topological polar surface area (TPSA) is 119 Å². The number of nitro groups is 1. The zero-order valence-corrected chi connectivity index (χ0v) is 10.1. The molecule has 0 bridgehead atoms. The normalized spacial score (nSPS) is 11.5. The summed E-state index contributed by atoms with van der Waals surface area (Å²) in [5.74, 6) is 5.17. The molecule has 0 spiro atoms. The van der Waals surface area contributed by atoms with Gasteiger partial charge in [-0.1, -0.05) is 0 Å². The average molecular weight is 260 g/mol. The van der Waals surface area contributed by atoms with E-state index in [9.17, 15) is 18.5 Å². The number of anilines is 1. The SMILES string of the molecule is CN(C)S(=O)(=O)c1cc([N+](=O)[O-])ccc1NN. The number of hydrogen-bond donors (Lipinski definition) is 2. The Hall–Kier alpha value is -1.71. The second-order valence-corrected chi connectivity index (χ2v) is 5.49. The first kappa shape index (κ1) is 13.4. The van der Waals surface area contributed by atoms with Gasteiger partial charge in [0.15, 0.2) is 0 Å². The first-order valence-corrected chi connectivity index (χ1v) is 5.92. The molecule has 0 saturated heterocycles. The fourth-order valence-corrected chi connectivity index (χ4v) is 2.22. The molecule has 0 aliphatic rings. The minimum absolute atomic E-state index is 0.101. The molecule has 0 heterocycles. The summed E-state index contributed by atoms with van der Waals surface area (Å²) in [5.41, 5.74) is 1.98. The third-order valence-corrected chi connectivity index (χ3v) is 3.95. The molecule has 0 fully saturated rings. The smallest absolute Gasteiger partial charge is 0.270 e. The summed E-state index contributed by atoms with van der Waals surface area (Å²) in [6.45, 7) is 0. The standard InChI is InChI=1S/C8H12N4O4S/c1-11(2)17(15,16)8-5-6(12(13)14)3-4-7(8)10-9/h3-5,10H,9H2,1-2H3. The van der Waals surface area contributed by atoms with Crippen LogP contribution in [-0.4, -0.2) is 31.7 Å². The van der Waals surface area contributed by atoms with Crippen LogP contribution in [0.4, 0.5) is 11.4 Å². The lowest BCUT2D eigenvalue weighted by Crippen LogP contribution is -2.24. The summed E-state index contributed by atoms with van der Waals surface area (Å²) >= 11 is 0. The van der Waals surface area contributed by atoms with Gasteiger partial charge in [0.05, 0.1) is 10.6 Å². The molecule has 1 aromatic carbocycles. The number of nitrogens with two attached hydrogens (primary N) is 1. The fourth-order valence-electron chi connectivity index (χ4n) is 1.15. The highest BCUT2D eigenvalue weighted by molar-refractivity contribution is 7.89. The lowest BCUT2D eigenvalue weighted by Gasteiger charge is -2.14. The van der Waals surface area contributed by atoms with Crippen molar-refractivity contribution in [3.8, 4) is 0 Å². The van der Waals surface area contributed by atoms with Crippen molar-refractivity contribution in [2.24, 2.45) is 5.84 Å². The van der Waals surface area contributed by atoms with Crippen LogP contribution in [0.3, 0.4) is 0 Å². The van der Waals surface area contributed by atoms with Gasteiger partial charge < -0.3 is 5.43 Å². The first-order chi connectivity index (χ1) is 7.80. The Labute approximate surface area is 98.2 Å². The number of sulfonamides is 1. The summed E-state index contributed by atoms with van der Waals surface area (Å²) in [6, 6.07) is 3.38. The van der Waals surface area contributed by atoms with Gasteiger partial charge in [-0.2, -0.15) is 0 Å². The minimum Gasteiger partial charge on any atom is -0.323 e. The summed E-state index contributed by atoms with van der Waals surface area (Å²) < 4.78 is 24.7. The molecular weight excluding hydrogens is 248 g/mol. The van der Waals surface area contributed by atoms with Crippen molar-refractivity contribution in [3.05, 3.63) is 28.3 Å². The molecule has 9 heteroatoms. The van der Waals surface area contributed by atoms with Gasteiger partial charge >= 0.3 is 0 Å². The van der Waals surface area contributed by atoms with E-state index in [4.69, 9.17) is 5.84 Å². The highest BCUT2D eigenvalue weighted by Crippen LogP contribution is 2.27. The van der Waals surface area contributed by atoms with Gasteiger partial charge in [0.2, 0.25) is 10.0 Å². The number of nitrogens with one attached hydrogen (secondary N) is 1. The minimum atomic E-state index is -3.79. The monoisotopic (exact) mass is 260 g/mol. The summed E-state index contributed by atoms with van der Waals surface area (Å²) in [7, 11) is -1.13. The number of non-ortho nitro benzene ring substituents is 1. The Balaban J connectivity index is 3.49. The Morgan fingerprint density at radius 3 is 2.41 bits per heavy atom. The van der Waals surface area contributed by atoms with Gasteiger partial charge in [-0.25, -0.2) is 12.7 Å². The Morgan fingerprint density at radius 1 is 1.41 bits per heavy atom. The highest BCUT2D eigenvalue weighted by Gasteiger charge is 2.24. The van der Waals surface area contributed by atoms with Crippen molar-refractivity contribution in [1.82, 2.24) is 4.31 Å². The van der Waals surface area contributed by atoms with Gasteiger partial charge in [-0.05, 0) is 6.07 Å². The molecule has 0 amide bonds. The molecule has 0 radical (unpaired) electrons. The second-order valence-electron chi connectivity index (χ2n) is 3.37. The molecule has 0 atom stereocenters. The molecule has 0 unspecified atom stereocenters. The van der Waals surface area contributed by atoms with E-state index in [1.807, 2.05) is 0 Å². The van der Waals surface area contributed by atoms with Gasteiger partial charge in [0, 0.05) is 26.2 Å². The van der Waals surface area contributed by atoms with E-state index < -0.39 is 14.9 Å². The first-order valence-electron chi connectivity index (χ1n) is 4.48. The molecule has 8 nitrogen and oxygen atoms in total. The van der Waals surface area contributed by atoms with E-state index in [1.165, 1.54) is 26.2 Å². The average Bonchev–Trinajstić information content (AvgIpc) is 2.27. The molecule has 0 saturated carbocycles. The molecular formula is C8H12N4O4S. The van der Waals surface area contributed by atoms with Crippen LogP contribution in [0.25, 0.3) is 0 Å². The lowest BCUT2D eigenvalue weighted by molar-refractivity contribution is -0.385. The zero-order chi connectivity index (χ0) is 13.2. The van der Waals surface area contributed by atoms with E-state index in [-0.39, 0.29) is 16.3 Å². The third-order valence-electron chi connectivity index (χ3n) is 2.09. The molecule has 3 N–H and O–H groups in total. The number of nitrogen functional groups attached to an aromatic ring is 1. The van der Waals surface area contributed by atoms with Crippen molar-refractivity contribution >= 4 is 21.4 Å². The highest BCUT2D eigenvalue weighted by atomic mass is 32.2. The van der Waals surface area contributed by atoms with Crippen LogP contribution >= 0.6 is 0 Å². The van der Waals surface area contributed by atoms with Crippen molar-refractivity contribution in [2.45, 2.75) is 4.90 Å². The van der Waals surface area contributed by atoms with Crippen LogP contribution in [0.5, 0.6) is 0 Å². The summed E-state index contributed by atoms with van der Waals surface area (Å²) in [6.07, 6.45) is 0. The number of rotatable bonds is 4. The van der Waals surface area contributed by atoms with Crippen LogP contribution in [0.2, 0.25) is 0 Å². The Morgan fingerprint density at radius 2 is 2.00 bits per heavy atom. The van der Waals surface area contributed by atoms with E-state index in [0.717, 1.165) is 10.4 Å². The van der Waals surface area contributed by atoms with E-state index in [2.05, 4.69) is 5.43 Å². The molecule has 1 rings (SSSR count). The van der Waals surface area contributed by atoms with Gasteiger partial charge in [0.25, 0.3) is 5.69 Å². The Bertz CT molecular complexity index is 540. The third kappa shape index (κ3) is 2.52. The number of nitrogens with zero attached hydrogens (tertiary/aromatic N) is 2. The van der Waals surface area contributed by atoms with Crippen molar-refractivity contribution < 1.29 is 13.3 Å². The molecule has 0 aliphatic heterocycles. The maximum atomic E-state index is 11.9. The summed E-state index contributed by atoms with van der Waals surface area (Å²) in [5, 5.41) is 10.6. The predicted molar refractivity (Wildman–Crippen MR) is 61.8 cm³/mol. The number of hydrogen-bond acceptors (Lipinski definition) is 6. The second kappa shape index (κ2) is 4.65. The van der Waals surface area contributed by atoms with Crippen LogP contribution in [0.15, 0.2) is 23.1 Å². The quantitative estimate of drug-likeness (QED) is 0.451. The number of benzene rings is 1. The predicted octanol–water partition coefficient (Wildman–Crippen LogP) is 0.131. The largest absolute Gasteiger partial charge is 0.323 e. The van der Waals surface area contributed by atoms with Crippen molar-refractivity contribution in [2.75, 3.05) is 19.5 Å². The maximum Gasteiger partial charge on any atom is 0.270 e. The fraction of sp³-hybridized carbons (Fsp3) is 0.250. The number of nitro benzene ring substituents is 1. The molecule has 17 heavy (non-hydrogen) atoms. The van der Waals surface area contributed by atoms with Crippen LogP contribution in [0, 0.1) is 10.1 Å². The molecule has 1 aromatic rings. The lowest BCUT2D eigenvalue weighted by atomic mass is 10.3. The van der Waals surface area contributed by atoms with Crippen LogP contribution in [-0.2, 0) is 10.0 Å². The van der Waals surface area contributed by atoms with Crippen molar-refractivity contribution in [1.29, 1.82) is 0 Å². The number of hydrazine groups is 1. The van der Waals surface area contributed by atoms with Crippen molar-refractivity contribution in [3.63, 3.8) is 0 Å². The molecule has 0 aliphatic carbocycles. The maximum absolute atomic E-state index is 11.9. The van der Waals surface area contributed by atoms with Gasteiger partial charge in [0.1, 0.15) is 4.90 Å². The Kier molecular flexibility index (Phi) is 3.66. The van der Waals surface area contributed by atoms with Gasteiger partial charge in [-0.3, -0.25) is 16.0 Å². The molecule has 0 aromatic heterocycles. The van der Waals surface area contributed by atoms with Gasteiger partial charge in [-0.15, -0.1) is 0 Å². The molecule has 94 valence electrons. The van der Waals surface area contributed by atoms with E-state index in [1.54, 1.807) is 0 Å². The van der Waals surface area contributed by atoms with E-state index >= 15 is 0 Å². The van der Waals surface area contributed by atoms with E-state index in [0.29, 0.717) is 0 Å². The summed E-state index contributed by atoms with van der Waals surface area (Å²) in [4.78, 5) is 9.69. The van der Waals surface area contributed by atoms with Crippen LogP contribution < -0.4 is 11.3 Å². The zero-order valence-electron chi connectivity index (χ0n) is 9.25.